The Kier molecular flexibility index (Phi) is 6.37. The number of hydrogen-bond donors (Lipinski definition) is 2. The van der Waals surface area contributed by atoms with E-state index in [1.165, 1.54) is 13.0 Å². The van der Waals surface area contributed by atoms with E-state index in [0.29, 0.717) is 30.0 Å². The van der Waals surface area contributed by atoms with Gasteiger partial charge in [0.25, 0.3) is 0 Å². The van der Waals surface area contributed by atoms with Crippen molar-refractivity contribution in [1.82, 2.24) is 0 Å². The second-order valence-electron chi connectivity index (χ2n) is 6.79. The predicted octanol–water partition coefficient (Wildman–Crippen LogP) is 5.11. The summed E-state index contributed by atoms with van der Waals surface area (Å²) in [5.74, 6) is 1.28. The van der Waals surface area contributed by atoms with Gasteiger partial charge in [-0.15, -0.1) is 0 Å². The molecule has 29 heavy (non-hydrogen) atoms. The molecule has 0 amide bonds. The van der Waals surface area contributed by atoms with E-state index in [1.54, 1.807) is 6.07 Å². The number of benzene rings is 2. The third-order valence-electron chi connectivity index (χ3n) is 4.82. The van der Waals surface area contributed by atoms with Gasteiger partial charge in [-0.2, -0.15) is 13.2 Å². The molecule has 0 fully saturated rings. The lowest BCUT2D eigenvalue weighted by atomic mass is 9.99. The quantitative estimate of drug-likeness (QED) is 0.670. The molecule has 7 heteroatoms. The van der Waals surface area contributed by atoms with Gasteiger partial charge in [-0.05, 0) is 48.4 Å². The van der Waals surface area contributed by atoms with Crippen LogP contribution < -0.4 is 5.32 Å². The second kappa shape index (κ2) is 8.78. The summed E-state index contributed by atoms with van der Waals surface area (Å²) in [6.45, 7) is 3.91. The molecule has 0 spiro atoms. The van der Waals surface area contributed by atoms with Crippen LogP contribution in [0.15, 0.2) is 48.2 Å². The highest BCUT2D eigenvalue weighted by Crippen LogP contribution is 2.36. The molecule has 0 bridgehead atoms. The second-order valence-corrected chi connectivity index (χ2v) is 6.79. The molecule has 1 heterocycles. The fourth-order valence-electron chi connectivity index (χ4n) is 3.32. The minimum absolute atomic E-state index is 0.0421. The number of allylic oxidation sites excluding steroid dienone is 1. The van der Waals surface area contributed by atoms with Crippen molar-refractivity contribution in [2.24, 2.45) is 0 Å². The fraction of sp³-hybridized carbons (Fsp3) is 0.364. The Morgan fingerprint density at radius 3 is 2.41 bits per heavy atom. The molecule has 1 aliphatic heterocycles. The summed E-state index contributed by atoms with van der Waals surface area (Å²) in [6, 6.07) is 11.7. The smallest absolute Gasteiger partial charge is 0.416 e. The van der Waals surface area contributed by atoms with Crippen LogP contribution in [-0.4, -0.2) is 24.5 Å². The van der Waals surface area contributed by atoms with Crippen molar-refractivity contribution in [2.45, 2.75) is 39.2 Å². The van der Waals surface area contributed by atoms with Gasteiger partial charge >= 0.3 is 6.18 Å². The average molecular weight is 407 g/mol. The highest BCUT2D eigenvalue weighted by Gasteiger charge is 2.34. The Balaban J connectivity index is 1.75. The van der Waals surface area contributed by atoms with Gasteiger partial charge < -0.3 is 19.9 Å². The van der Waals surface area contributed by atoms with Crippen LogP contribution in [0, 0.1) is 6.92 Å². The topological polar surface area (TPSA) is 50.7 Å². The largest absolute Gasteiger partial charge is 0.455 e. The number of aliphatic hydroxyl groups is 1. The maximum atomic E-state index is 13.2. The van der Waals surface area contributed by atoms with Crippen molar-refractivity contribution >= 4 is 11.4 Å². The van der Waals surface area contributed by atoms with Crippen molar-refractivity contribution in [1.29, 1.82) is 0 Å². The van der Waals surface area contributed by atoms with Crippen LogP contribution in [0.5, 0.6) is 0 Å². The van der Waals surface area contributed by atoms with Crippen LogP contribution in [-0.2, 0) is 22.1 Å². The first-order valence-electron chi connectivity index (χ1n) is 9.50. The molecule has 0 saturated heterocycles. The normalized spacial score (nSPS) is 16.6. The summed E-state index contributed by atoms with van der Waals surface area (Å²) in [4.78, 5) is 0. The summed E-state index contributed by atoms with van der Waals surface area (Å²) in [7, 11) is 0. The van der Waals surface area contributed by atoms with Gasteiger partial charge in [0.05, 0.1) is 12.2 Å². The maximum Gasteiger partial charge on any atom is 0.416 e. The first-order chi connectivity index (χ1) is 13.8. The van der Waals surface area contributed by atoms with Gasteiger partial charge in [-0.25, -0.2) is 0 Å². The van der Waals surface area contributed by atoms with Crippen LogP contribution in [0.25, 0.3) is 5.76 Å². The van der Waals surface area contributed by atoms with E-state index in [0.717, 1.165) is 17.3 Å². The Morgan fingerprint density at radius 2 is 1.79 bits per heavy atom. The first-order valence-corrected chi connectivity index (χ1v) is 9.50. The van der Waals surface area contributed by atoms with E-state index in [4.69, 9.17) is 14.6 Å². The van der Waals surface area contributed by atoms with Crippen molar-refractivity contribution in [3.63, 3.8) is 0 Å². The van der Waals surface area contributed by atoms with Crippen LogP contribution in [0.3, 0.4) is 0 Å². The molecule has 1 unspecified atom stereocenters. The van der Waals surface area contributed by atoms with E-state index >= 15 is 0 Å². The Morgan fingerprint density at radius 1 is 1.07 bits per heavy atom. The number of aliphatic hydroxyl groups excluding tert-OH is 1. The summed E-state index contributed by atoms with van der Waals surface area (Å²) in [5, 5.41) is 12.0. The van der Waals surface area contributed by atoms with E-state index in [1.807, 2.05) is 31.2 Å². The zero-order valence-electron chi connectivity index (χ0n) is 16.3. The third-order valence-corrected chi connectivity index (χ3v) is 4.82. The molecule has 0 saturated carbocycles. The number of anilines is 1. The number of hydrogen-bond acceptors (Lipinski definition) is 4. The lowest BCUT2D eigenvalue weighted by Gasteiger charge is -2.17. The maximum absolute atomic E-state index is 13.2. The molecule has 2 N–H and O–H groups in total. The highest BCUT2D eigenvalue weighted by atomic mass is 19.4. The van der Waals surface area contributed by atoms with Gasteiger partial charge in [-0.3, -0.25) is 0 Å². The Hall–Kier alpha value is -2.67. The fourth-order valence-corrected chi connectivity index (χ4v) is 3.32. The monoisotopic (exact) mass is 407 g/mol. The minimum atomic E-state index is -4.39. The van der Waals surface area contributed by atoms with Crippen molar-refractivity contribution < 1.29 is 27.8 Å². The molecule has 4 nitrogen and oxygen atoms in total. The van der Waals surface area contributed by atoms with E-state index < -0.39 is 18.0 Å². The predicted molar refractivity (Wildman–Crippen MR) is 105 cm³/mol. The molecule has 1 atom stereocenters. The number of halogens is 3. The summed E-state index contributed by atoms with van der Waals surface area (Å²) < 4.78 is 51.3. The molecule has 0 radical (unpaired) electrons. The Labute approximate surface area is 168 Å². The number of ether oxygens (including phenoxy) is 2. The number of nitrogens with one attached hydrogen (secondary N) is 1. The lowest BCUT2D eigenvalue weighted by Crippen LogP contribution is -2.16. The van der Waals surface area contributed by atoms with Crippen molar-refractivity contribution in [2.75, 3.05) is 18.5 Å². The molecular formula is C22H24F3NO3. The van der Waals surface area contributed by atoms with Crippen LogP contribution in [0.2, 0.25) is 0 Å². The highest BCUT2D eigenvalue weighted by molar-refractivity contribution is 5.65. The van der Waals surface area contributed by atoms with E-state index in [9.17, 15) is 13.2 Å². The first kappa shape index (κ1) is 21.0. The van der Waals surface area contributed by atoms with Crippen LogP contribution in [0.4, 0.5) is 18.9 Å². The van der Waals surface area contributed by atoms with E-state index in [2.05, 4.69) is 5.32 Å². The lowest BCUT2D eigenvalue weighted by molar-refractivity contribution is -0.138. The minimum Gasteiger partial charge on any atom is -0.455 e. The Bertz CT molecular complexity index is 876. The van der Waals surface area contributed by atoms with Gasteiger partial charge in [0.2, 0.25) is 6.29 Å². The molecule has 2 aromatic rings. The molecule has 2 aromatic carbocycles. The summed E-state index contributed by atoms with van der Waals surface area (Å²) >= 11 is 0. The molecule has 0 aromatic heterocycles. The molecule has 0 aliphatic carbocycles. The number of alkyl halides is 3. The summed E-state index contributed by atoms with van der Waals surface area (Å²) in [5.41, 5.74) is 1.81. The van der Waals surface area contributed by atoms with Crippen LogP contribution >= 0.6 is 0 Å². The van der Waals surface area contributed by atoms with Crippen molar-refractivity contribution in [3.8, 4) is 0 Å². The summed E-state index contributed by atoms with van der Waals surface area (Å²) in [6.07, 6.45) is -4.23. The average Bonchev–Trinajstić information content (AvgIpc) is 3.10. The van der Waals surface area contributed by atoms with Gasteiger partial charge in [-0.1, -0.05) is 19.1 Å². The zero-order chi connectivity index (χ0) is 21.0. The van der Waals surface area contributed by atoms with Crippen molar-refractivity contribution in [3.05, 3.63) is 70.5 Å². The SMILES string of the molecule is CCC1=C(c2ccc(NCCO)cc2)OC(Cc2cccc(C(F)(F)F)c2C)O1. The van der Waals surface area contributed by atoms with E-state index in [-0.39, 0.29) is 18.6 Å². The standard InChI is InChI=1S/C22H24F3NO3/c1-3-19-21(15-7-9-17(10-8-15)26-11-12-27)29-20(28-19)13-16-5-4-6-18(14(16)2)22(23,24)25/h4-10,20,26-27H,3,11-13H2,1-2H3. The molecule has 3 rings (SSSR count). The molecular weight excluding hydrogens is 383 g/mol. The molecule has 156 valence electrons. The zero-order valence-corrected chi connectivity index (χ0v) is 16.3. The third kappa shape index (κ3) is 4.85. The van der Waals surface area contributed by atoms with Gasteiger partial charge in [0.1, 0.15) is 5.76 Å². The van der Waals surface area contributed by atoms with Gasteiger partial charge in [0.15, 0.2) is 5.76 Å². The van der Waals surface area contributed by atoms with Crippen LogP contribution in [0.1, 0.15) is 35.6 Å². The van der Waals surface area contributed by atoms with Gasteiger partial charge in [0, 0.05) is 30.6 Å². The number of rotatable bonds is 7. The molecule has 1 aliphatic rings.